The lowest BCUT2D eigenvalue weighted by molar-refractivity contribution is -0.129. The van der Waals surface area contributed by atoms with Crippen LogP contribution in [-0.4, -0.2) is 38.7 Å². The minimum atomic E-state index is -0.661. The summed E-state index contributed by atoms with van der Waals surface area (Å²) in [6, 6.07) is 4.29. The van der Waals surface area contributed by atoms with Crippen LogP contribution in [0.5, 0.6) is 5.75 Å². The minimum absolute atomic E-state index is 0. The van der Waals surface area contributed by atoms with E-state index in [4.69, 9.17) is 15.2 Å². The van der Waals surface area contributed by atoms with E-state index < -0.39 is 6.04 Å². The Morgan fingerprint density at radius 3 is 2.39 bits per heavy atom. The maximum absolute atomic E-state index is 12.3. The van der Waals surface area contributed by atoms with E-state index in [-0.39, 0.29) is 36.7 Å². The normalized spacial score (nSPS) is 11.3. The third-order valence-electron chi connectivity index (χ3n) is 3.04. The number of amides is 2. The Bertz CT molecular complexity index is 537. The number of rotatable bonds is 7. The molecule has 0 spiro atoms. The Morgan fingerprint density at radius 2 is 1.91 bits per heavy atom. The van der Waals surface area contributed by atoms with Crippen LogP contribution in [0.1, 0.15) is 13.8 Å². The van der Waals surface area contributed by atoms with Gasteiger partial charge in [0.15, 0.2) is 0 Å². The van der Waals surface area contributed by atoms with Crippen molar-refractivity contribution < 1.29 is 19.1 Å². The van der Waals surface area contributed by atoms with Gasteiger partial charge in [0.2, 0.25) is 11.8 Å². The molecule has 0 saturated heterocycles. The smallest absolute Gasteiger partial charge is 0.247 e. The molecule has 0 unspecified atom stereocenters. The van der Waals surface area contributed by atoms with Gasteiger partial charge in [-0.2, -0.15) is 0 Å². The molecule has 1 rings (SSSR count). The van der Waals surface area contributed by atoms with Crippen molar-refractivity contribution in [3.63, 3.8) is 0 Å². The molecule has 23 heavy (non-hydrogen) atoms. The molecule has 0 fully saturated rings. The van der Waals surface area contributed by atoms with Crippen LogP contribution < -0.4 is 21.1 Å². The highest BCUT2D eigenvalue weighted by Gasteiger charge is 2.24. The van der Waals surface area contributed by atoms with Gasteiger partial charge in [-0.05, 0) is 24.1 Å². The highest BCUT2D eigenvalue weighted by atomic mass is 35.5. The fourth-order valence-corrected chi connectivity index (χ4v) is 1.91. The van der Waals surface area contributed by atoms with E-state index in [1.165, 1.54) is 14.2 Å². The Kier molecular flexibility index (Phi) is 9.05. The molecule has 2 amide bonds. The fraction of sp³-hybridized carbons (Fsp3) is 0.467. The molecule has 1 atom stereocenters. The minimum Gasteiger partial charge on any atom is -0.495 e. The lowest BCUT2D eigenvalue weighted by Crippen LogP contribution is -2.48. The lowest BCUT2D eigenvalue weighted by atomic mass is 10.0. The van der Waals surface area contributed by atoms with Crippen molar-refractivity contribution in [2.24, 2.45) is 5.92 Å². The van der Waals surface area contributed by atoms with Crippen molar-refractivity contribution >= 4 is 35.6 Å². The van der Waals surface area contributed by atoms with Crippen molar-refractivity contribution in [3.05, 3.63) is 18.2 Å². The number of nitrogens with one attached hydrogen (secondary N) is 2. The van der Waals surface area contributed by atoms with Gasteiger partial charge in [0.25, 0.3) is 0 Å². The number of hydrogen-bond donors (Lipinski definition) is 3. The van der Waals surface area contributed by atoms with Gasteiger partial charge < -0.3 is 25.8 Å². The molecule has 0 saturated carbocycles. The zero-order chi connectivity index (χ0) is 16.7. The molecule has 1 aromatic rings. The van der Waals surface area contributed by atoms with E-state index in [2.05, 4.69) is 10.6 Å². The molecule has 4 N–H and O–H groups in total. The van der Waals surface area contributed by atoms with Crippen LogP contribution in [0.15, 0.2) is 18.2 Å². The number of ether oxygens (including phenoxy) is 2. The summed E-state index contributed by atoms with van der Waals surface area (Å²) in [5.74, 6) is -0.196. The zero-order valence-electron chi connectivity index (χ0n) is 13.7. The van der Waals surface area contributed by atoms with Gasteiger partial charge >= 0.3 is 0 Å². The average Bonchev–Trinajstić information content (AvgIpc) is 2.44. The second-order valence-electron chi connectivity index (χ2n) is 5.17. The van der Waals surface area contributed by atoms with Gasteiger partial charge in [-0.15, -0.1) is 12.4 Å². The van der Waals surface area contributed by atoms with Gasteiger partial charge in [0.05, 0.1) is 12.8 Å². The summed E-state index contributed by atoms with van der Waals surface area (Å²) in [5.41, 5.74) is 6.76. The third kappa shape index (κ3) is 6.33. The molecular weight excluding hydrogens is 322 g/mol. The standard InChI is InChI=1S/C15H23N3O4.ClH/c1-9(2)14(18-13(19)8-21-3)15(20)17-10-5-6-12(22-4)11(16)7-10;/h5-7,9,14H,8,16H2,1-4H3,(H,17,20)(H,18,19);1H/t14-;/m0./s1. The molecule has 130 valence electrons. The van der Waals surface area contributed by atoms with E-state index >= 15 is 0 Å². The van der Waals surface area contributed by atoms with Crippen molar-refractivity contribution in [3.8, 4) is 5.75 Å². The zero-order valence-corrected chi connectivity index (χ0v) is 14.5. The fourth-order valence-electron chi connectivity index (χ4n) is 1.91. The number of methoxy groups -OCH3 is 2. The monoisotopic (exact) mass is 345 g/mol. The van der Waals surface area contributed by atoms with Gasteiger partial charge in [-0.3, -0.25) is 9.59 Å². The van der Waals surface area contributed by atoms with Crippen molar-refractivity contribution in [2.45, 2.75) is 19.9 Å². The van der Waals surface area contributed by atoms with Crippen LogP contribution in [0.4, 0.5) is 11.4 Å². The van der Waals surface area contributed by atoms with Crippen molar-refractivity contribution in [2.75, 3.05) is 31.9 Å². The molecule has 0 aliphatic rings. The SMILES string of the molecule is COCC(=O)N[C@H](C(=O)Nc1ccc(OC)c(N)c1)C(C)C.Cl. The predicted molar refractivity (Wildman–Crippen MR) is 91.9 cm³/mol. The molecule has 8 heteroatoms. The van der Waals surface area contributed by atoms with E-state index in [9.17, 15) is 9.59 Å². The summed E-state index contributed by atoms with van der Waals surface area (Å²) in [4.78, 5) is 23.9. The summed E-state index contributed by atoms with van der Waals surface area (Å²) in [6.07, 6.45) is 0. The van der Waals surface area contributed by atoms with Gasteiger partial charge in [-0.25, -0.2) is 0 Å². The van der Waals surface area contributed by atoms with Crippen LogP contribution in [0.3, 0.4) is 0 Å². The first-order valence-corrected chi connectivity index (χ1v) is 6.91. The highest BCUT2D eigenvalue weighted by Crippen LogP contribution is 2.24. The second kappa shape index (κ2) is 9.91. The summed E-state index contributed by atoms with van der Waals surface area (Å²) < 4.78 is 9.81. The second-order valence-corrected chi connectivity index (χ2v) is 5.17. The van der Waals surface area contributed by atoms with Crippen LogP contribution in [-0.2, 0) is 14.3 Å². The van der Waals surface area contributed by atoms with E-state index in [1.807, 2.05) is 13.8 Å². The number of carbonyl (C=O) groups excluding carboxylic acids is 2. The Labute approximate surface area is 142 Å². The molecule has 0 bridgehead atoms. The molecule has 0 aromatic heterocycles. The molecule has 0 aliphatic carbocycles. The molecule has 7 nitrogen and oxygen atoms in total. The topological polar surface area (TPSA) is 103 Å². The number of hydrogen-bond acceptors (Lipinski definition) is 5. The van der Waals surface area contributed by atoms with Crippen LogP contribution in [0.25, 0.3) is 0 Å². The molecule has 0 heterocycles. The van der Waals surface area contributed by atoms with Crippen molar-refractivity contribution in [1.29, 1.82) is 0 Å². The summed E-state index contributed by atoms with van der Waals surface area (Å²) in [5, 5.41) is 5.38. The van der Waals surface area contributed by atoms with Crippen LogP contribution >= 0.6 is 12.4 Å². The first-order chi connectivity index (χ1) is 10.4. The molecule has 0 aliphatic heterocycles. The number of nitrogens with two attached hydrogens (primary N) is 1. The molecule has 0 radical (unpaired) electrons. The molecular formula is C15H24ClN3O4. The third-order valence-corrected chi connectivity index (χ3v) is 3.04. The van der Waals surface area contributed by atoms with Crippen LogP contribution in [0, 0.1) is 5.92 Å². The highest BCUT2D eigenvalue weighted by molar-refractivity contribution is 5.97. The Hall–Kier alpha value is -1.99. The van der Waals surface area contributed by atoms with Crippen LogP contribution in [0.2, 0.25) is 0 Å². The Morgan fingerprint density at radius 1 is 1.26 bits per heavy atom. The number of nitrogen functional groups attached to an aromatic ring is 1. The summed E-state index contributed by atoms with van der Waals surface area (Å²) in [7, 11) is 2.94. The maximum atomic E-state index is 12.3. The molecule has 1 aromatic carbocycles. The Balaban J connectivity index is 0.00000484. The van der Waals surface area contributed by atoms with E-state index in [0.29, 0.717) is 17.1 Å². The largest absolute Gasteiger partial charge is 0.495 e. The van der Waals surface area contributed by atoms with Gasteiger partial charge in [0, 0.05) is 12.8 Å². The van der Waals surface area contributed by atoms with Gasteiger partial charge in [-0.1, -0.05) is 13.8 Å². The number of benzene rings is 1. The van der Waals surface area contributed by atoms with E-state index in [1.54, 1.807) is 18.2 Å². The quantitative estimate of drug-likeness (QED) is 0.649. The first-order valence-electron chi connectivity index (χ1n) is 6.91. The lowest BCUT2D eigenvalue weighted by Gasteiger charge is -2.21. The number of carbonyl (C=O) groups is 2. The van der Waals surface area contributed by atoms with Gasteiger partial charge in [0.1, 0.15) is 18.4 Å². The summed E-state index contributed by atoms with van der Waals surface area (Å²) in [6.45, 7) is 3.60. The van der Waals surface area contributed by atoms with Crippen molar-refractivity contribution in [1.82, 2.24) is 5.32 Å². The first kappa shape index (κ1) is 21.0. The number of anilines is 2. The van der Waals surface area contributed by atoms with E-state index in [0.717, 1.165) is 0 Å². The average molecular weight is 346 g/mol. The summed E-state index contributed by atoms with van der Waals surface area (Å²) >= 11 is 0. The number of halogens is 1. The predicted octanol–water partition coefficient (Wildman–Crippen LogP) is 1.42. The maximum Gasteiger partial charge on any atom is 0.247 e.